The smallest absolute Gasteiger partial charge is 0.260 e. The Hall–Kier alpha value is -0.920. The molecule has 0 bridgehead atoms. The molecule has 0 radical (unpaired) electrons. The first-order valence-electron chi connectivity index (χ1n) is 6.72. The van der Waals surface area contributed by atoms with E-state index >= 15 is 0 Å². The Morgan fingerprint density at radius 3 is 2.53 bits per heavy atom. The van der Waals surface area contributed by atoms with Crippen LogP contribution < -0.4 is 0 Å². The molecule has 0 saturated carbocycles. The SMILES string of the molecule is CC(C)CCN1CCN(S(=O)(=O)c2ccn[nH]2)CC1. The second-order valence-corrected chi connectivity index (χ2v) is 7.26. The number of nitrogens with zero attached hydrogens (tertiary/aromatic N) is 3. The number of nitrogens with one attached hydrogen (secondary N) is 1. The predicted molar refractivity (Wildman–Crippen MR) is 73.2 cm³/mol. The molecule has 1 aliphatic heterocycles. The van der Waals surface area contributed by atoms with Gasteiger partial charge in [0.15, 0.2) is 5.03 Å². The maximum atomic E-state index is 12.3. The molecule has 6 nitrogen and oxygen atoms in total. The van der Waals surface area contributed by atoms with Crippen LogP contribution in [0.1, 0.15) is 20.3 Å². The molecule has 19 heavy (non-hydrogen) atoms. The van der Waals surface area contributed by atoms with Crippen molar-refractivity contribution in [1.29, 1.82) is 0 Å². The number of sulfonamides is 1. The maximum absolute atomic E-state index is 12.3. The fourth-order valence-electron chi connectivity index (χ4n) is 2.16. The maximum Gasteiger partial charge on any atom is 0.260 e. The zero-order valence-electron chi connectivity index (χ0n) is 11.5. The van der Waals surface area contributed by atoms with Crippen molar-refractivity contribution >= 4 is 10.0 Å². The van der Waals surface area contributed by atoms with Gasteiger partial charge in [0.05, 0.1) is 6.20 Å². The Bertz CT molecular complexity index is 476. The van der Waals surface area contributed by atoms with E-state index < -0.39 is 10.0 Å². The first-order valence-corrected chi connectivity index (χ1v) is 8.16. The topological polar surface area (TPSA) is 69.3 Å². The molecule has 108 valence electrons. The Kier molecular flexibility index (Phi) is 4.59. The fraction of sp³-hybridized carbons (Fsp3) is 0.750. The summed E-state index contributed by atoms with van der Waals surface area (Å²) in [6.07, 6.45) is 2.62. The van der Waals surface area contributed by atoms with Gasteiger partial charge < -0.3 is 4.90 Å². The van der Waals surface area contributed by atoms with Crippen molar-refractivity contribution in [2.45, 2.75) is 25.3 Å². The standard InChI is InChI=1S/C12H22N4O2S/c1-11(2)4-6-15-7-9-16(10-8-15)19(17,18)12-3-5-13-14-12/h3,5,11H,4,6-10H2,1-2H3,(H,13,14). The molecular weight excluding hydrogens is 264 g/mol. The molecule has 7 heteroatoms. The van der Waals surface area contributed by atoms with E-state index in [1.165, 1.54) is 16.6 Å². The lowest BCUT2D eigenvalue weighted by Gasteiger charge is -2.33. The van der Waals surface area contributed by atoms with Crippen molar-refractivity contribution < 1.29 is 8.42 Å². The number of hydrogen-bond acceptors (Lipinski definition) is 4. The van der Waals surface area contributed by atoms with Crippen molar-refractivity contribution in [1.82, 2.24) is 19.4 Å². The Morgan fingerprint density at radius 2 is 2.00 bits per heavy atom. The van der Waals surface area contributed by atoms with Gasteiger partial charge in [0.25, 0.3) is 10.0 Å². The van der Waals surface area contributed by atoms with E-state index in [1.807, 2.05) is 0 Å². The van der Waals surface area contributed by atoms with E-state index in [0.717, 1.165) is 26.1 Å². The van der Waals surface area contributed by atoms with Gasteiger partial charge in [-0.1, -0.05) is 13.8 Å². The lowest BCUT2D eigenvalue weighted by Crippen LogP contribution is -2.48. The summed E-state index contributed by atoms with van der Waals surface area (Å²) in [6.45, 7) is 8.19. The monoisotopic (exact) mass is 286 g/mol. The fourth-order valence-corrected chi connectivity index (χ4v) is 3.48. The zero-order valence-corrected chi connectivity index (χ0v) is 12.4. The van der Waals surface area contributed by atoms with Crippen LogP contribution in [0.4, 0.5) is 0 Å². The number of rotatable bonds is 5. The highest BCUT2D eigenvalue weighted by atomic mass is 32.2. The van der Waals surface area contributed by atoms with E-state index in [2.05, 4.69) is 28.9 Å². The van der Waals surface area contributed by atoms with Gasteiger partial charge in [-0.15, -0.1) is 0 Å². The van der Waals surface area contributed by atoms with Gasteiger partial charge in [-0.25, -0.2) is 8.42 Å². The molecule has 1 aliphatic rings. The normalized spacial score (nSPS) is 19.1. The summed E-state index contributed by atoms with van der Waals surface area (Å²) in [5, 5.41) is 6.42. The molecule has 1 aromatic rings. The highest BCUT2D eigenvalue weighted by Gasteiger charge is 2.29. The van der Waals surface area contributed by atoms with Crippen LogP contribution in [0, 0.1) is 5.92 Å². The van der Waals surface area contributed by atoms with Crippen LogP contribution >= 0.6 is 0 Å². The lowest BCUT2D eigenvalue weighted by atomic mass is 10.1. The minimum Gasteiger partial charge on any atom is -0.301 e. The predicted octanol–water partition coefficient (Wildman–Crippen LogP) is 0.762. The summed E-state index contributed by atoms with van der Waals surface area (Å²) in [6, 6.07) is 1.50. The van der Waals surface area contributed by atoms with Crippen molar-refractivity contribution in [3.8, 4) is 0 Å². The number of hydrogen-bond donors (Lipinski definition) is 1. The van der Waals surface area contributed by atoms with Gasteiger partial charge in [-0.05, 0) is 24.9 Å². The Labute approximate surface area is 114 Å². The van der Waals surface area contributed by atoms with Gasteiger partial charge in [0.2, 0.25) is 0 Å². The van der Waals surface area contributed by atoms with E-state index in [0.29, 0.717) is 19.0 Å². The first kappa shape index (κ1) is 14.5. The van der Waals surface area contributed by atoms with Crippen LogP contribution in [0.3, 0.4) is 0 Å². The second-order valence-electron chi connectivity index (χ2n) is 5.35. The number of aromatic nitrogens is 2. The van der Waals surface area contributed by atoms with Gasteiger partial charge >= 0.3 is 0 Å². The molecule has 0 aliphatic carbocycles. The number of H-pyrrole nitrogens is 1. The third-order valence-corrected chi connectivity index (χ3v) is 5.28. The summed E-state index contributed by atoms with van der Waals surface area (Å²) in [4.78, 5) is 2.33. The average molecular weight is 286 g/mol. The van der Waals surface area contributed by atoms with Crippen LogP contribution in [0.2, 0.25) is 0 Å². The number of aromatic amines is 1. The zero-order chi connectivity index (χ0) is 13.9. The average Bonchev–Trinajstić information content (AvgIpc) is 2.91. The largest absolute Gasteiger partial charge is 0.301 e. The van der Waals surface area contributed by atoms with E-state index in [1.54, 1.807) is 0 Å². The number of piperazine rings is 1. The summed E-state index contributed by atoms with van der Waals surface area (Å²) in [5.74, 6) is 0.687. The van der Waals surface area contributed by atoms with Crippen LogP contribution in [0.15, 0.2) is 17.3 Å². The first-order chi connectivity index (χ1) is 9.00. The van der Waals surface area contributed by atoms with E-state index in [9.17, 15) is 8.42 Å². The molecule has 0 spiro atoms. The van der Waals surface area contributed by atoms with Crippen LogP contribution in [-0.4, -0.2) is 60.5 Å². The third-order valence-electron chi connectivity index (χ3n) is 3.45. The molecule has 1 fully saturated rings. The van der Waals surface area contributed by atoms with E-state index in [4.69, 9.17) is 0 Å². The van der Waals surface area contributed by atoms with Gasteiger partial charge in [-0.3, -0.25) is 5.10 Å². The van der Waals surface area contributed by atoms with Crippen molar-refractivity contribution in [2.24, 2.45) is 5.92 Å². The summed E-state index contributed by atoms with van der Waals surface area (Å²) in [7, 11) is -3.38. The Morgan fingerprint density at radius 1 is 1.32 bits per heavy atom. The quantitative estimate of drug-likeness (QED) is 0.868. The molecule has 0 amide bonds. The molecule has 1 saturated heterocycles. The minimum atomic E-state index is -3.38. The molecule has 2 heterocycles. The van der Waals surface area contributed by atoms with Gasteiger partial charge in [0, 0.05) is 26.2 Å². The molecule has 0 aromatic carbocycles. The molecular formula is C12H22N4O2S. The lowest BCUT2D eigenvalue weighted by molar-refractivity contribution is 0.180. The molecule has 0 atom stereocenters. The van der Waals surface area contributed by atoms with Gasteiger partial charge in [-0.2, -0.15) is 9.40 Å². The van der Waals surface area contributed by atoms with E-state index in [-0.39, 0.29) is 5.03 Å². The van der Waals surface area contributed by atoms with Crippen LogP contribution in [0.25, 0.3) is 0 Å². The highest BCUT2D eigenvalue weighted by Crippen LogP contribution is 2.15. The van der Waals surface area contributed by atoms with Gasteiger partial charge in [0.1, 0.15) is 0 Å². The summed E-state index contributed by atoms with van der Waals surface area (Å²) < 4.78 is 26.0. The second kappa shape index (κ2) is 6.02. The van der Waals surface area contributed by atoms with Crippen LogP contribution in [0.5, 0.6) is 0 Å². The van der Waals surface area contributed by atoms with Crippen molar-refractivity contribution in [3.05, 3.63) is 12.3 Å². The molecule has 0 unspecified atom stereocenters. The van der Waals surface area contributed by atoms with Crippen molar-refractivity contribution in [2.75, 3.05) is 32.7 Å². The third kappa shape index (κ3) is 3.55. The molecule has 1 N–H and O–H groups in total. The molecule has 2 rings (SSSR count). The minimum absolute atomic E-state index is 0.183. The Balaban J connectivity index is 1.90. The van der Waals surface area contributed by atoms with Crippen molar-refractivity contribution in [3.63, 3.8) is 0 Å². The summed E-state index contributed by atoms with van der Waals surface area (Å²) >= 11 is 0. The molecule has 1 aromatic heterocycles. The van der Waals surface area contributed by atoms with Crippen LogP contribution in [-0.2, 0) is 10.0 Å². The highest BCUT2D eigenvalue weighted by molar-refractivity contribution is 7.89. The summed E-state index contributed by atoms with van der Waals surface area (Å²) in [5.41, 5.74) is 0.